The molecule has 0 aliphatic heterocycles. The van der Waals surface area contributed by atoms with Gasteiger partial charge in [-0.2, -0.15) is 0 Å². The smallest absolute Gasteiger partial charge is 0.0409 e. The molecule has 11 heavy (non-hydrogen) atoms. The van der Waals surface area contributed by atoms with Crippen LogP contribution in [-0.4, -0.2) is 0 Å². The molecule has 64 valence electrons. The first-order chi connectivity index (χ1) is 5.34. The highest BCUT2D eigenvalue weighted by Gasteiger charge is 2.27. The Morgan fingerprint density at radius 1 is 0.818 bits per heavy atom. The molecule has 2 bridgehead atoms. The van der Waals surface area contributed by atoms with E-state index in [4.69, 9.17) is 0 Å². The molecule has 2 fully saturated rings. The van der Waals surface area contributed by atoms with Gasteiger partial charge < -0.3 is 0 Å². The van der Waals surface area contributed by atoms with Gasteiger partial charge in [0.2, 0.25) is 0 Å². The summed E-state index contributed by atoms with van der Waals surface area (Å²) in [4.78, 5) is 0. The van der Waals surface area contributed by atoms with Gasteiger partial charge in [-0.25, -0.2) is 0 Å². The summed E-state index contributed by atoms with van der Waals surface area (Å²) in [6, 6.07) is 0. The molecule has 1 unspecified atom stereocenters. The highest BCUT2D eigenvalue weighted by Crippen LogP contribution is 2.40. The third-order valence-corrected chi connectivity index (χ3v) is 3.61. The molecular weight excluding hydrogens is 132 g/mol. The van der Waals surface area contributed by atoms with E-state index in [9.17, 15) is 0 Å². The van der Waals surface area contributed by atoms with Gasteiger partial charge in [-0.3, -0.25) is 0 Å². The Balaban J connectivity index is 1.99. The fourth-order valence-electron chi connectivity index (χ4n) is 3.24. The number of rotatable bonds is 0. The lowest BCUT2D eigenvalue weighted by Gasteiger charge is -2.30. The zero-order valence-corrected chi connectivity index (χ0v) is 7.68. The summed E-state index contributed by atoms with van der Waals surface area (Å²) in [5.41, 5.74) is 0. The van der Waals surface area contributed by atoms with Crippen LogP contribution >= 0.6 is 0 Å². The maximum atomic E-state index is 2.45. The van der Waals surface area contributed by atoms with Crippen molar-refractivity contribution >= 4 is 0 Å². The van der Waals surface area contributed by atoms with Crippen LogP contribution in [0.5, 0.6) is 0 Å². The minimum Gasteiger partial charge on any atom is -0.0625 e. The minimum absolute atomic E-state index is 1.04. The monoisotopic (exact) mass is 152 g/mol. The molecule has 0 spiro atoms. The molecule has 0 saturated heterocycles. The van der Waals surface area contributed by atoms with E-state index in [-0.39, 0.29) is 0 Å². The average Bonchev–Trinajstić information content (AvgIpc) is 2.11. The molecule has 2 aliphatic rings. The van der Waals surface area contributed by atoms with Crippen molar-refractivity contribution in [3.8, 4) is 0 Å². The first-order valence-electron chi connectivity index (χ1n) is 5.34. The van der Waals surface area contributed by atoms with Crippen LogP contribution in [0.4, 0.5) is 0 Å². The second-order valence-electron chi connectivity index (χ2n) is 4.83. The Morgan fingerprint density at radius 2 is 1.36 bits per heavy atom. The Morgan fingerprint density at radius 3 is 1.91 bits per heavy atom. The van der Waals surface area contributed by atoms with Crippen LogP contribution in [0.3, 0.4) is 0 Å². The second kappa shape index (κ2) is 3.16. The van der Waals surface area contributed by atoms with Crippen LogP contribution in [0.1, 0.15) is 51.9 Å². The van der Waals surface area contributed by atoms with Gasteiger partial charge in [-0.05, 0) is 37.0 Å². The summed E-state index contributed by atoms with van der Waals surface area (Å²) in [5, 5.41) is 0. The van der Waals surface area contributed by atoms with Crippen molar-refractivity contribution in [1.29, 1.82) is 0 Å². The molecule has 0 amide bonds. The summed E-state index contributed by atoms with van der Waals surface area (Å²) in [6.07, 6.45) is 10.8. The van der Waals surface area contributed by atoms with Gasteiger partial charge in [-0.15, -0.1) is 0 Å². The van der Waals surface area contributed by atoms with E-state index >= 15 is 0 Å². The summed E-state index contributed by atoms with van der Waals surface area (Å²) < 4.78 is 0. The Labute approximate surface area is 70.4 Å². The van der Waals surface area contributed by atoms with Gasteiger partial charge in [0, 0.05) is 0 Å². The molecular formula is C11H20. The van der Waals surface area contributed by atoms with Gasteiger partial charge in [-0.1, -0.05) is 32.6 Å². The average molecular weight is 152 g/mol. The molecule has 0 heteroatoms. The van der Waals surface area contributed by atoms with E-state index in [1.807, 2.05) is 0 Å². The third-order valence-electron chi connectivity index (χ3n) is 3.61. The summed E-state index contributed by atoms with van der Waals surface area (Å²) in [6.45, 7) is 2.45. The lowest BCUT2D eigenvalue weighted by atomic mass is 9.75. The Kier molecular flexibility index (Phi) is 2.20. The van der Waals surface area contributed by atoms with Gasteiger partial charge in [0.15, 0.2) is 0 Å². The Hall–Kier alpha value is 0. The fourth-order valence-corrected chi connectivity index (χ4v) is 3.24. The molecule has 0 aromatic carbocycles. The van der Waals surface area contributed by atoms with Crippen molar-refractivity contribution in [1.82, 2.24) is 0 Å². The van der Waals surface area contributed by atoms with Crippen molar-refractivity contribution in [2.75, 3.05) is 0 Å². The predicted molar refractivity (Wildman–Crippen MR) is 48.5 cm³/mol. The van der Waals surface area contributed by atoms with Gasteiger partial charge in [0.05, 0.1) is 0 Å². The zero-order chi connectivity index (χ0) is 7.68. The fraction of sp³-hybridized carbons (Fsp3) is 1.00. The molecule has 0 aromatic rings. The van der Waals surface area contributed by atoms with Gasteiger partial charge >= 0.3 is 0 Å². The van der Waals surface area contributed by atoms with Gasteiger partial charge in [0.25, 0.3) is 0 Å². The quantitative estimate of drug-likeness (QED) is 0.497. The van der Waals surface area contributed by atoms with Crippen LogP contribution in [0.15, 0.2) is 0 Å². The first kappa shape index (κ1) is 7.64. The second-order valence-corrected chi connectivity index (χ2v) is 4.83. The molecule has 2 aliphatic carbocycles. The normalized spacial score (nSPS) is 45.0. The number of hydrogen-bond acceptors (Lipinski definition) is 0. The van der Waals surface area contributed by atoms with E-state index in [1.54, 1.807) is 19.3 Å². The van der Waals surface area contributed by atoms with Crippen molar-refractivity contribution in [3.63, 3.8) is 0 Å². The predicted octanol–water partition coefficient (Wildman–Crippen LogP) is 3.61. The van der Waals surface area contributed by atoms with Crippen molar-refractivity contribution in [2.24, 2.45) is 17.8 Å². The van der Waals surface area contributed by atoms with Crippen LogP contribution in [0, 0.1) is 17.8 Å². The van der Waals surface area contributed by atoms with Crippen molar-refractivity contribution in [3.05, 3.63) is 0 Å². The largest absolute Gasteiger partial charge is 0.0625 e. The van der Waals surface area contributed by atoms with Crippen LogP contribution in [0.25, 0.3) is 0 Å². The SMILES string of the molecule is CC1C[C@H]2CCCC[C@@H](C1)C2. The summed E-state index contributed by atoms with van der Waals surface area (Å²) >= 11 is 0. The van der Waals surface area contributed by atoms with Crippen LogP contribution in [0.2, 0.25) is 0 Å². The maximum Gasteiger partial charge on any atom is -0.0409 e. The molecule has 0 heterocycles. The standard InChI is InChI=1S/C11H20/c1-9-6-10-4-2-3-5-11(7-9)8-10/h9-11H,2-8H2,1H3/t9?,10-,11+. The van der Waals surface area contributed by atoms with E-state index in [1.165, 1.54) is 25.7 Å². The van der Waals surface area contributed by atoms with Gasteiger partial charge in [0.1, 0.15) is 0 Å². The highest BCUT2D eigenvalue weighted by atomic mass is 14.3. The molecule has 2 rings (SSSR count). The third kappa shape index (κ3) is 1.77. The van der Waals surface area contributed by atoms with E-state index < -0.39 is 0 Å². The summed E-state index contributed by atoms with van der Waals surface area (Å²) in [5.74, 6) is 3.27. The van der Waals surface area contributed by atoms with E-state index in [2.05, 4.69) is 6.92 Å². The molecule has 0 aromatic heterocycles. The van der Waals surface area contributed by atoms with Crippen molar-refractivity contribution in [2.45, 2.75) is 51.9 Å². The number of hydrogen-bond donors (Lipinski definition) is 0. The Bertz CT molecular complexity index is 114. The number of fused-ring (bicyclic) bond motifs is 2. The molecule has 0 nitrogen and oxygen atoms in total. The van der Waals surface area contributed by atoms with E-state index in [0.717, 1.165) is 17.8 Å². The molecule has 2 saturated carbocycles. The van der Waals surface area contributed by atoms with Crippen LogP contribution < -0.4 is 0 Å². The lowest BCUT2D eigenvalue weighted by Crippen LogP contribution is -2.19. The zero-order valence-electron chi connectivity index (χ0n) is 7.68. The highest BCUT2D eigenvalue weighted by molar-refractivity contribution is 4.79. The van der Waals surface area contributed by atoms with E-state index in [0.29, 0.717) is 0 Å². The van der Waals surface area contributed by atoms with Crippen molar-refractivity contribution < 1.29 is 0 Å². The maximum absolute atomic E-state index is 2.45. The first-order valence-corrected chi connectivity index (χ1v) is 5.34. The lowest BCUT2D eigenvalue weighted by molar-refractivity contribution is 0.210. The minimum atomic E-state index is 1.04. The molecule has 0 N–H and O–H groups in total. The molecule has 3 atom stereocenters. The van der Waals surface area contributed by atoms with Crippen LogP contribution in [-0.2, 0) is 0 Å². The molecule has 0 radical (unpaired) electrons. The topological polar surface area (TPSA) is 0 Å². The summed E-state index contributed by atoms with van der Waals surface area (Å²) in [7, 11) is 0.